The zero-order valence-corrected chi connectivity index (χ0v) is 14.6. The summed E-state index contributed by atoms with van der Waals surface area (Å²) in [6.45, 7) is 2.78. The second kappa shape index (κ2) is 6.64. The molecule has 0 saturated heterocycles. The molecule has 8 heteroatoms. The van der Waals surface area contributed by atoms with E-state index in [0.717, 1.165) is 11.0 Å². The van der Waals surface area contributed by atoms with Crippen LogP contribution in [-0.4, -0.2) is 24.5 Å². The lowest BCUT2D eigenvalue weighted by Gasteiger charge is -2.11. The zero-order chi connectivity index (χ0) is 15.6. The molecule has 1 aromatic heterocycles. The quantitative estimate of drug-likeness (QED) is 0.833. The summed E-state index contributed by atoms with van der Waals surface area (Å²) in [6.07, 6.45) is 0. The normalized spacial score (nSPS) is 10.5. The van der Waals surface area contributed by atoms with Crippen molar-refractivity contribution >= 4 is 61.4 Å². The second-order valence-corrected chi connectivity index (χ2v) is 6.60. The Morgan fingerprint density at radius 3 is 2.95 bits per heavy atom. The molecule has 0 spiro atoms. The first-order chi connectivity index (χ1) is 9.92. The van der Waals surface area contributed by atoms with Crippen LogP contribution in [0.25, 0.3) is 0 Å². The summed E-state index contributed by atoms with van der Waals surface area (Å²) in [7, 11) is 1.89. The van der Waals surface area contributed by atoms with Crippen molar-refractivity contribution in [3.63, 3.8) is 0 Å². The number of anilines is 3. The highest BCUT2D eigenvalue weighted by Crippen LogP contribution is 2.30. The number of thiazole rings is 1. The van der Waals surface area contributed by atoms with Crippen LogP contribution < -0.4 is 16.0 Å². The van der Waals surface area contributed by atoms with E-state index < -0.39 is 0 Å². The summed E-state index contributed by atoms with van der Waals surface area (Å²) in [6, 6.07) is 5.23. The Kier molecular flexibility index (Phi) is 5.08. The van der Waals surface area contributed by atoms with Crippen molar-refractivity contribution in [1.82, 2.24) is 4.98 Å². The minimum absolute atomic E-state index is 0.221. The van der Waals surface area contributed by atoms with Gasteiger partial charge in [0.25, 0.3) is 5.91 Å². The van der Waals surface area contributed by atoms with E-state index in [1.165, 1.54) is 11.3 Å². The van der Waals surface area contributed by atoms with Gasteiger partial charge in [-0.2, -0.15) is 0 Å². The molecule has 0 aliphatic rings. The monoisotopic (exact) mass is 388 g/mol. The standard InChI is InChI=1S/C13H14BrClN4OS/c1-3-19(2)13-18-11(16)10(21-13)12(20)17-9-6-7(14)4-5-8(9)15/h4-6H,3,16H2,1-2H3,(H,17,20). The Balaban J connectivity index is 2.24. The van der Waals surface area contributed by atoms with Gasteiger partial charge in [-0.1, -0.05) is 38.9 Å². The molecule has 1 heterocycles. The Hall–Kier alpha value is -1.31. The molecular formula is C13H14BrClN4OS. The summed E-state index contributed by atoms with van der Waals surface area (Å²) in [4.78, 5) is 18.8. The smallest absolute Gasteiger partial charge is 0.269 e. The first-order valence-corrected chi connectivity index (χ1v) is 8.15. The maximum absolute atomic E-state index is 12.3. The first-order valence-electron chi connectivity index (χ1n) is 6.16. The van der Waals surface area contributed by atoms with Crippen molar-refractivity contribution in [2.45, 2.75) is 6.92 Å². The van der Waals surface area contributed by atoms with Crippen LogP contribution in [0.15, 0.2) is 22.7 Å². The lowest BCUT2D eigenvalue weighted by molar-refractivity contribution is 0.103. The number of carbonyl (C=O) groups excluding carboxylic acids is 1. The molecule has 0 radical (unpaired) electrons. The van der Waals surface area contributed by atoms with Crippen LogP contribution in [0.2, 0.25) is 5.02 Å². The van der Waals surface area contributed by atoms with Crippen molar-refractivity contribution in [3.8, 4) is 0 Å². The molecule has 2 rings (SSSR count). The molecule has 0 atom stereocenters. The summed E-state index contributed by atoms with van der Waals surface area (Å²) in [5.74, 6) is -0.0975. The fourth-order valence-electron chi connectivity index (χ4n) is 1.55. The van der Waals surface area contributed by atoms with Gasteiger partial charge < -0.3 is 16.0 Å². The summed E-state index contributed by atoms with van der Waals surface area (Å²) >= 11 is 10.6. The second-order valence-electron chi connectivity index (χ2n) is 4.30. The topological polar surface area (TPSA) is 71.2 Å². The maximum atomic E-state index is 12.3. The number of amides is 1. The average Bonchev–Trinajstić information content (AvgIpc) is 2.84. The largest absolute Gasteiger partial charge is 0.382 e. The van der Waals surface area contributed by atoms with Crippen LogP contribution in [-0.2, 0) is 0 Å². The van der Waals surface area contributed by atoms with Gasteiger partial charge in [0.1, 0.15) is 10.7 Å². The number of aromatic nitrogens is 1. The molecule has 0 unspecified atom stereocenters. The van der Waals surface area contributed by atoms with Gasteiger partial charge in [-0.25, -0.2) is 4.98 Å². The molecular weight excluding hydrogens is 376 g/mol. The predicted octanol–water partition coefficient (Wildman–Crippen LogP) is 3.85. The summed E-state index contributed by atoms with van der Waals surface area (Å²) in [5, 5.41) is 3.92. The van der Waals surface area contributed by atoms with E-state index >= 15 is 0 Å². The fraction of sp³-hybridized carbons (Fsp3) is 0.231. The fourth-order valence-corrected chi connectivity index (χ4v) is 2.99. The SMILES string of the molecule is CCN(C)c1nc(N)c(C(=O)Nc2cc(Br)ccc2Cl)s1. The number of rotatable bonds is 4. The van der Waals surface area contributed by atoms with Gasteiger partial charge in [0, 0.05) is 18.1 Å². The molecule has 1 amide bonds. The number of nitrogens with one attached hydrogen (secondary N) is 1. The van der Waals surface area contributed by atoms with E-state index in [4.69, 9.17) is 17.3 Å². The van der Waals surface area contributed by atoms with Crippen molar-refractivity contribution in [2.75, 3.05) is 29.5 Å². The van der Waals surface area contributed by atoms with Gasteiger partial charge in [0.15, 0.2) is 5.13 Å². The third-order valence-electron chi connectivity index (χ3n) is 2.83. The van der Waals surface area contributed by atoms with Crippen molar-refractivity contribution < 1.29 is 4.79 Å². The van der Waals surface area contributed by atoms with Crippen molar-refractivity contribution in [2.24, 2.45) is 0 Å². The predicted molar refractivity (Wildman–Crippen MR) is 92.6 cm³/mol. The van der Waals surface area contributed by atoms with Crippen LogP contribution in [0.1, 0.15) is 16.6 Å². The van der Waals surface area contributed by atoms with E-state index in [1.54, 1.807) is 18.2 Å². The van der Waals surface area contributed by atoms with Gasteiger partial charge in [-0.05, 0) is 25.1 Å². The Morgan fingerprint density at radius 1 is 1.57 bits per heavy atom. The molecule has 3 N–H and O–H groups in total. The Labute approximate surface area is 140 Å². The Bertz CT molecular complexity index is 676. The summed E-state index contributed by atoms with van der Waals surface area (Å²) in [5.41, 5.74) is 6.35. The lowest BCUT2D eigenvalue weighted by Crippen LogP contribution is -2.15. The molecule has 0 saturated carbocycles. The molecule has 1 aromatic carbocycles. The minimum Gasteiger partial charge on any atom is -0.382 e. The van der Waals surface area contributed by atoms with Crippen molar-refractivity contribution in [3.05, 3.63) is 32.6 Å². The van der Waals surface area contributed by atoms with Gasteiger partial charge in [0.2, 0.25) is 0 Å². The number of nitrogen functional groups attached to an aromatic ring is 1. The Morgan fingerprint density at radius 2 is 2.29 bits per heavy atom. The van der Waals surface area contributed by atoms with Crippen LogP contribution in [0.3, 0.4) is 0 Å². The first kappa shape index (κ1) is 16.1. The van der Waals surface area contributed by atoms with E-state index in [2.05, 4.69) is 26.2 Å². The maximum Gasteiger partial charge on any atom is 0.269 e. The molecule has 0 bridgehead atoms. The van der Waals surface area contributed by atoms with E-state index in [-0.39, 0.29) is 11.7 Å². The molecule has 5 nitrogen and oxygen atoms in total. The van der Waals surface area contributed by atoms with Crippen LogP contribution in [0.5, 0.6) is 0 Å². The minimum atomic E-state index is -0.319. The number of nitrogens with zero attached hydrogens (tertiary/aromatic N) is 2. The highest BCUT2D eigenvalue weighted by atomic mass is 79.9. The molecule has 112 valence electrons. The molecule has 2 aromatic rings. The van der Waals surface area contributed by atoms with Gasteiger partial charge in [0.05, 0.1) is 10.7 Å². The number of benzene rings is 1. The van der Waals surface area contributed by atoms with Gasteiger partial charge in [-0.15, -0.1) is 0 Å². The third kappa shape index (κ3) is 3.66. The number of hydrogen-bond acceptors (Lipinski definition) is 5. The number of carbonyl (C=O) groups is 1. The van der Waals surface area contributed by atoms with Crippen LogP contribution in [0.4, 0.5) is 16.6 Å². The number of hydrogen-bond donors (Lipinski definition) is 2. The summed E-state index contributed by atoms with van der Waals surface area (Å²) < 4.78 is 0.825. The average molecular weight is 390 g/mol. The lowest BCUT2D eigenvalue weighted by atomic mass is 10.3. The van der Waals surface area contributed by atoms with Crippen LogP contribution >= 0.6 is 38.9 Å². The van der Waals surface area contributed by atoms with E-state index in [9.17, 15) is 4.79 Å². The number of halogens is 2. The molecule has 21 heavy (non-hydrogen) atoms. The third-order valence-corrected chi connectivity index (χ3v) is 4.83. The highest BCUT2D eigenvalue weighted by Gasteiger charge is 2.18. The van der Waals surface area contributed by atoms with Gasteiger partial charge in [-0.3, -0.25) is 4.79 Å². The van der Waals surface area contributed by atoms with E-state index in [0.29, 0.717) is 20.7 Å². The van der Waals surface area contributed by atoms with Crippen molar-refractivity contribution in [1.29, 1.82) is 0 Å². The number of nitrogens with two attached hydrogens (primary N) is 1. The van der Waals surface area contributed by atoms with Crippen LogP contribution in [0, 0.1) is 0 Å². The van der Waals surface area contributed by atoms with Gasteiger partial charge >= 0.3 is 0 Å². The molecule has 0 aliphatic heterocycles. The van der Waals surface area contributed by atoms with E-state index in [1.807, 2.05) is 18.9 Å². The molecule has 0 fully saturated rings. The zero-order valence-electron chi connectivity index (χ0n) is 11.5. The highest BCUT2D eigenvalue weighted by molar-refractivity contribution is 9.10. The molecule has 0 aliphatic carbocycles.